The van der Waals surface area contributed by atoms with Crippen molar-refractivity contribution < 1.29 is 4.39 Å². The minimum Gasteiger partial charge on any atom is -0.314 e. The highest BCUT2D eigenvalue weighted by molar-refractivity contribution is 9.10. The van der Waals surface area contributed by atoms with E-state index < -0.39 is 0 Å². The van der Waals surface area contributed by atoms with Crippen LogP contribution in [0.3, 0.4) is 0 Å². The van der Waals surface area contributed by atoms with Gasteiger partial charge >= 0.3 is 0 Å². The summed E-state index contributed by atoms with van der Waals surface area (Å²) in [6, 6.07) is 5.85. The van der Waals surface area contributed by atoms with Crippen LogP contribution >= 0.6 is 15.9 Å². The van der Waals surface area contributed by atoms with Gasteiger partial charge in [0.1, 0.15) is 5.82 Å². The van der Waals surface area contributed by atoms with E-state index in [9.17, 15) is 4.39 Å². The topological polar surface area (TPSA) is 12.0 Å². The Bertz CT molecular complexity index is 407. The highest BCUT2D eigenvalue weighted by Crippen LogP contribution is 2.45. The van der Waals surface area contributed by atoms with Crippen molar-refractivity contribution in [2.75, 3.05) is 6.54 Å². The van der Waals surface area contributed by atoms with Gasteiger partial charge in [-0.25, -0.2) is 4.39 Å². The quantitative estimate of drug-likeness (QED) is 0.845. The van der Waals surface area contributed by atoms with Crippen LogP contribution in [0.1, 0.15) is 44.6 Å². The van der Waals surface area contributed by atoms with Gasteiger partial charge in [-0.3, -0.25) is 0 Å². The van der Waals surface area contributed by atoms with Crippen molar-refractivity contribution in [1.29, 1.82) is 0 Å². The second-order valence-corrected chi connectivity index (χ2v) is 6.06. The molecule has 1 aliphatic rings. The minimum absolute atomic E-state index is 0.0596. The molecular formula is C15H21BrFN. The highest BCUT2D eigenvalue weighted by atomic mass is 79.9. The van der Waals surface area contributed by atoms with Crippen molar-refractivity contribution in [2.24, 2.45) is 5.92 Å². The van der Waals surface area contributed by atoms with Crippen molar-refractivity contribution in [3.8, 4) is 0 Å². The summed E-state index contributed by atoms with van der Waals surface area (Å²) in [5, 5.41) is 3.57. The fourth-order valence-corrected chi connectivity index (χ4v) is 3.38. The van der Waals surface area contributed by atoms with Crippen LogP contribution in [0, 0.1) is 11.7 Å². The summed E-state index contributed by atoms with van der Waals surface area (Å²) < 4.78 is 14.9. The van der Waals surface area contributed by atoms with Crippen molar-refractivity contribution in [1.82, 2.24) is 5.32 Å². The summed E-state index contributed by atoms with van der Waals surface area (Å²) >= 11 is 3.43. The number of hydrogen-bond donors (Lipinski definition) is 1. The predicted molar refractivity (Wildman–Crippen MR) is 77.3 cm³/mol. The molecule has 1 aromatic rings. The summed E-state index contributed by atoms with van der Waals surface area (Å²) in [6.07, 6.45) is 3.33. The van der Waals surface area contributed by atoms with Crippen molar-refractivity contribution >= 4 is 15.9 Å². The van der Waals surface area contributed by atoms with Crippen LogP contribution in [0.15, 0.2) is 22.7 Å². The molecular weight excluding hydrogens is 293 g/mol. The lowest BCUT2D eigenvalue weighted by atomic mass is 9.65. The molecule has 3 atom stereocenters. The van der Waals surface area contributed by atoms with Gasteiger partial charge in [0.15, 0.2) is 0 Å². The molecule has 0 heterocycles. The maximum Gasteiger partial charge on any atom is 0.126 e. The van der Waals surface area contributed by atoms with Gasteiger partial charge in [-0.05, 0) is 55.0 Å². The Morgan fingerprint density at radius 2 is 2.17 bits per heavy atom. The molecule has 0 radical (unpaired) electrons. The lowest BCUT2D eigenvalue weighted by Gasteiger charge is -2.45. The van der Waals surface area contributed by atoms with Gasteiger partial charge in [-0.2, -0.15) is 0 Å². The van der Waals surface area contributed by atoms with Crippen LogP contribution in [0.25, 0.3) is 0 Å². The van der Waals surface area contributed by atoms with Gasteiger partial charge in [0.25, 0.3) is 0 Å². The van der Waals surface area contributed by atoms with Gasteiger partial charge < -0.3 is 5.32 Å². The summed E-state index contributed by atoms with van der Waals surface area (Å²) in [5.74, 6) is 0.887. The van der Waals surface area contributed by atoms with Gasteiger partial charge in [0.2, 0.25) is 0 Å². The molecule has 0 bridgehead atoms. The highest BCUT2D eigenvalue weighted by Gasteiger charge is 2.41. The maximum atomic E-state index is 13.9. The van der Waals surface area contributed by atoms with Crippen LogP contribution in [-0.4, -0.2) is 12.6 Å². The van der Waals surface area contributed by atoms with E-state index in [0.717, 1.165) is 35.8 Å². The molecule has 18 heavy (non-hydrogen) atoms. The summed E-state index contributed by atoms with van der Waals surface area (Å²) in [6.45, 7) is 5.44. The summed E-state index contributed by atoms with van der Waals surface area (Å²) in [5.41, 5.74) is 0.880. The van der Waals surface area contributed by atoms with Crippen molar-refractivity contribution in [3.05, 3.63) is 34.1 Å². The van der Waals surface area contributed by atoms with E-state index >= 15 is 0 Å². The Balaban J connectivity index is 2.08. The van der Waals surface area contributed by atoms with Crippen LogP contribution in [0.2, 0.25) is 0 Å². The Labute approximate surface area is 117 Å². The number of benzene rings is 1. The second-order valence-electron chi connectivity index (χ2n) is 5.14. The molecule has 0 amide bonds. The molecule has 0 saturated heterocycles. The first-order chi connectivity index (χ1) is 8.67. The molecule has 1 aliphatic carbocycles. The molecule has 1 N–H and O–H groups in total. The van der Waals surface area contributed by atoms with E-state index in [0.29, 0.717) is 17.9 Å². The van der Waals surface area contributed by atoms with Gasteiger partial charge in [-0.15, -0.1) is 0 Å². The van der Waals surface area contributed by atoms with Crippen LogP contribution < -0.4 is 5.32 Å². The van der Waals surface area contributed by atoms with E-state index in [1.54, 1.807) is 12.1 Å². The van der Waals surface area contributed by atoms with E-state index in [4.69, 9.17) is 0 Å². The monoisotopic (exact) mass is 313 g/mol. The molecule has 0 spiro atoms. The van der Waals surface area contributed by atoms with Crippen molar-refractivity contribution in [3.63, 3.8) is 0 Å². The lowest BCUT2D eigenvalue weighted by Crippen LogP contribution is -2.49. The van der Waals surface area contributed by atoms with Gasteiger partial charge in [0, 0.05) is 10.5 Å². The molecule has 100 valence electrons. The first-order valence-corrected chi connectivity index (χ1v) is 7.65. The average Bonchev–Trinajstić information content (AvgIpc) is 2.33. The molecule has 3 unspecified atom stereocenters. The first-order valence-electron chi connectivity index (χ1n) is 6.85. The fraction of sp³-hybridized carbons (Fsp3) is 0.600. The lowest BCUT2D eigenvalue weighted by molar-refractivity contribution is 0.158. The van der Waals surface area contributed by atoms with Gasteiger partial charge in [0.05, 0.1) is 0 Å². The van der Waals surface area contributed by atoms with Crippen molar-refractivity contribution in [2.45, 2.75) is 45.1 Å². The Hall–Kier alpha value is -0.410. The van der Waals surface area contributed by atoms with Gasteiger partial charge in [-0.1, -0.05) is 36.2 Å². The summed E-state index contributed by atoms with van der Waals surface area (Å²) in [7, 11) is 0. The number of hydrogen-bond acceptors (Lipinski definition) is 1. The molecule has 2 rings (SSSR count). The zero-order chi connectivity index (χ0) is 13.1. The van der Waals surface area contributed by atoms with E-state index in [2.05, 4.69) is 35.1 Å². The third-order valence-electron chi connectivity index (χ3n) is 4.03. The van der Waals surface area contributed by atoms with Crippen LogP contribution in [0.5, 0.6) is 0 Å². The smallest absolute Gasteiger partial charge is 0.126 e. The number of rotatable bonds is 5. The standard InChI is InChI=1S/C15H21BrFN/c1-3-7-18-15-9-12(11(15)4-2)13-8-10(16)5-6-14(13)17/h5-6,8,11-12,15,18H,3-4,7,9H2,1-2H3. The fourth-order valence-electron chi connectivity index (χ4n) is 3.00. The van der Waals surface area contributed by atoms with E-state index in [1.165, 1.54) is 0 Å². The third-order valence-corrected chi connectivity index (χ3v) is 4.52. The molecule has 1 aromatic carbocycles. The molecule has 1 saturated carbocycles. The SMILES string of the molecule is CCCNC1CC(c2cc(Br)ccc2F)C1CC. The van der Waals surface area contributed by atoms with Crippen LogP contribution in [-0.2, 0) is 0 Å². The maximum absolute atomic E-state index is 13.9. The Morgan fingerprint density at radius 3 is 2.83 bits per heavy atom. The normalized spacial score (nSPS) is 27.0. The molecule has 3 heteroatoms. The largest absolute Gasteiger partial charge is 0.314 e. The molecule has 0 aliphatic heterocycles. The van der Waals surface area contributed by atoms with Crippen LogP contribution in [0.4, 0.5) is 4.39 Å². The predicted octanol–water partition coefficient (Wildman–Crippen LogP) is 4.47. The third kappa shape index (κ3) is 2.77. The molecule has 1 fully saturated rings. The first kappa shape index (κ1) is 14.0. The van der Waals surface area contributed by atoms with E-state index in [1.807, 2.05) is 6.07 Å². The zero-order valence-electron chi connectivity index (χ0n) is 11.0. The Kier molecular flexibility index (Phi) is 4.79. The molecule has 0 aromatic heterocycles. The summed E-state index contributed by atoms with van der Waals surface area (Å²) in [4.78, 5) is 0. The zero-order valence-corrected chi connectivity index (χ0v) is 12.6. The Morgan fingerprint density at radius 1 is 1.39 bits per heavy atom. The minimum atomic E-state index is -0.0596. The second kappa shape index (κ2) is 6.16. The number of halogens is 2. The van der Waals surface area contributed by atoms with E-state index in [-0.39, 0.29) is 5.82 Å². The molecule has 1 nitrogen and oxygen atoms in total. The average molecular weight is 314 g/mol. The number of nitrogens with one attached hydrogen (secondary N) is 1.